The molecule has 2 unspecified atom stereocenters. The minimum absolute atomic E-state index is 0.0312. The van der Waals surface area contributed by atoms with E-state index in [9.17, 15) is 57.9 Å². The number of fused-ring (bicyclic) bond motifs is 1. The Balaban J connectivity index is 1.15. The first-order chi connectivity index (χ1) is 40.6. The normalized spacial score (nSPS) is 19.0. The lowest BCUT2D eigenvalue weighted by molar-refractivity contribution is -0.137. The summed E-state index contributed by atoms with van der Waals surface area (Å²) in [4.78, 5) is 88.7. The van der Waals surface area contributed by atoms with Gasteiger partial charge in [0, 0.05) is 30.7 Å². The molecule has 0 aliphatic carbocycles. The van der Waals surface area contributed by atoms with Crippen LogP contribution in [-0.4, -0.2) is 123 Å². The quantitative estimate of drug-likeness (QED) is 0.0129. The number of aliphatic hydroxyl groups excluding tert-OH is 2. The molecule has 28 heteroatoms. The van der Waals surface area contributed by atoms with E-state index < -0.39 is 84.6 Å². The maximum absolute atomic E-state index is 12.8. The van der Waals surface area contributed by atoms with Crippen LogP contribution in [0.4, 0.5) is 5.82 Å². The number of ether oxygens (including phenoxy) is 1. The van der Waals surface area contributed by atoms with Crippen LogP contribution in [0.2, 0.25) is 0 Å². The Labute approximate surface area is 504 Å². The van der Waals surface area contributed by atoms with Crippen molar-refractivity contribution < 1.29 is 80.5 Å². The molecule has 3 rings (SSSR count). The highest BCUT2D eigenvalue weighted by molar-refractivity contribution is 8.14. The van der Waals surface area contributed by atoms with E-state index in [0.717, 1.165) is 93.2 Å². The molecule has 1 aliphatic rings. The molecule has 0 radical (unpaired) electrons. The second kappa shape index (κ2) is 41.8. The highest BCUT2D eigenvalue weighted by Crippen LogP contribution is 2.61. The van der Waals surface area contributed by atoms with E-state index in [2.05, 4.69) is 114 Å². The number of amides is 2. The monoisotopic (exact) mass is 1270 g/mol. The van der Waals surface area contributed by atoms with Crippen LogP contribution in [-0.2, 0) is 50.7 Å². The zero-order chi connectivity index (χ0) is 62.4. The summed E-state index contributed by atoms with van der Waals surface area (Å²) in [5.74, 6) is -1.11. The number of phosphoric acid groups is 3. The summed E-state index contributed by atoms with van der Waals surface area (Å²) < 4.78 is 62.6. The van der Waals surface area contributed by atoms with Crippen LogP contribution in [0.1, 0.15) is 162 Å². The summed E-state index contributed by atoms with van der Waals surface area (Å²) in [6.07, 6.45) is 46.3. The van der Waals surface area contributed by atoms with Crippen molar-refractivity contribution in [1.29, 1.82) is 0 Å². The van der Waals surface area contributed by atoms with Crippen molar-refractivity contribution in [2.45, 2.75) is 186 Å². The Morgan fingerprint density at radius 3 is 1.80 bits per heavy atom. The number of unbranched alkanes of at least 4 members (excludes halogenated alkanes) is 13. The molecular formula is C57H92N7O17P3S. The summed E-state index contributed by atoms with van der Waals surface area (Å²) in [6.45, 7) is 2.66. The molecule has 85 heavy (non-hydrogen) atoms. The number of carbonyl (C=O) groups excluding carboxylic acids is 3. The Morgan fingerprint density at radius 1 is 0.729 bits per heavy atom. The highest BCUT2D eigenvalue weighted by Gasteiger charge is 2.50. The number of phosphoric ester groups is 3. The molecule has 3 heterocycles. The lowest BCUT2D eigenvalue weighted by Gasteiger charge is -2.30. The average molecular weight is 1270 g/mol. The van der Waals surface area contributed by atoms with Gasteiger partial charge in [-0.15, -0.1) is 0 Å². The van der Waals surface area contributed by atoms with E-state index in [-0.39, 0.29) is 41.6 Å². The number of hydrogen-bond donors (Lipinski definition) is 9. The fraction of sp³-hybridized carbons (Fsp3) is 0.614. The summed E-state index contributed by atoms with van der Waals surface area (Å²) >= 11 is 1.07. The SMILES string of the molecule is CC/C=C\C/C=C\C/C=C\C/C=C\C/C=C\C/C=C\CCCCCCCCCCCCCC/C=C/C(=O)SCCNC(=O)CCNC(=O)[C@H](O)C(C)(C)COP(=O)(O)OP(=O)(O)OC[C@H]1O[C@@H](n2cnc3c(N)ncnc32)[C@H](O)[C@@H]1OP(=O)(O)O. The number of anilines is 1. The van der Waals surface area contributed by atoms with Crippen molar-refractivity contribution in [3.05, 3.63) is 97.7 Å². The van der Waals surface area contributed by atoms with Crippen molar-refractivity contribution in [1.82, 2.24) is 30.2 Å². The largest absolute Gasteiger partial charge is 0.481 e. The van der Waals surface area contributed by atoms with Gasteiger partial charge in [-0.05, 0) is 70.3 Å². The van der Waals surface area contributed by atoms with Crippen LogP contribution < -0.4 is 16.4 Å². The van der Waals surface area contributed by atoms with Gasteiger partial charge in [-0.25, -0.2) is 28.6 Å². The Bertz CT molecular complexity index is 2660. The van der Waals surface area contributed by atoms with E-state index in [1.54, 1.807) is 6.08 Å². The molecule has 0 saturated carbocycles. The number of thioether (sulfide) groups is 1. The second-order valence-electron chi connectivity index (χ2n) is 20.9. The molecule has 0 aromatic carbocycles. The smallest absolute Gasteiger partial charge is 0.386 e. The number of aromatic nitrogens is 4. The first-order valence-electron chi connectivity index (χ1n) is 29.2. The molecule has 7 atom stereocenters. The summed E-state index contributed by atoms with van der Waals surface area (Å²) in [7, 11) is -16.4. The third-order valence-corrected chi connectivity index (χ3v) is 17.0. The van der Waals surface area contributed by atoms with E-state index in [1.807, 2.05) is 6.08 Å². The molecule has 1 aliphatic heterocycles. The van der Waals surface area contributed by atoms with E-state index >= 15 is 0 Å². The fourth-order valence-electron chi connectivity index (χ4n) is 8.44. The summed E-state index contributed by atoms with van der Waals surface area (Å²) in [5, 5.41) is 26.6. The first kappa shape index (κ1) is 75.0. The predicted octanol–water partition coefficient (Wildman–Crippen LogP) is 10.4. The molecule has 10 N–H and O–H groups in total. The van der Waals surface area contributed by atoms with Gasteiger partial charge >= 0.3 is 23.5 Å². The van der Waals surface area contributed by atoms with Crippen molar-refractivity contribution in [2.75, 3.05) is 37.8 Å². The third kappa shape index (κ3) is 33.1. The lowest BCUT2D eigenvalue weighted by Crippen LogP contribution is -2.46. The highest BCUT2D eigenvalue weighted by atomic mass is 32.2. The lowest BCUT2D eigenvalue weighted by atomic mass is 9.87. The van der Waals surface area contributed by atoms with Crippen molar-refractivity contribution in [3.63, 3.8) is 0 Å². The zero-order valence-corrected chi connectivity index (χ0v) is 52.8. The second-order valence-corrected chi connectivity index (χ2v) is 26.2. The Kier molecular flexibility index (Phi) is 36.9. The topological polar surface area (TPSA) is 364 Å². The van der Waals surface area contributed by atoms with Gasteiger partial charge in [0.2, 0.25) is 16.9 Å². The van der Waals surface area contributed by atoms with E-state index in [1.165, 1.54) is 78.1 Å². The number of imidazole rings is 1. The molecule has 478 valence electrons. The maximum Gasteiger partial charge on any atom is 0.481 e. The van der Waals surface area contributed by atoms with Gasteiger partial charge in [0.15, 0.2) is 17.7 Å². The molecule has 2 amide bonds. The number of hydrogen-bond acceptors (Lipinski definition) is 18. The van der Waals surface area contributed by atoms with Crippen LogP contribution >= 0.6 is 35.2 Å². The number of nitrogens with one attached hydrogen (secondary N) is 2. The van der Waals surface area contributed by atoms with E-state index in [4.69, 9.17) is 19.5 Å². The van der Waals surface area contributed by atoms with Crippen molar-refractivity contribution >= 4 is 69.1 Å². The van der Waals surface area contributed by atoms with Gasteiger partial charge < -0.3 is 50.9 Å². The fourth-order valence-corrected chi connectivity index (χ4v) is 11.9. The van der Waals surface area contributed by atoms with Gasteiger partial charge in [-0.1, -0.05) is 176 Å². The third-order valence-electron chi connectivity index (χ3n) is 13.1. The Hall–Kier alpha value is -4.26. The average Bonchev–Trinajstić information content (AvgIpc) is 2.05. The minimum atomic E-state index is -5.59. The number of carbonyl (C=O) groups is 3. The minimum Gasteiger partial charge on any atom is -0.386 e. The summed E-state index contributed by atoms with van der Waals surface area (Å²) in [5.41, 5.74) is 4.28. The number of nitrogens with two attached hydrogens (primary N) is 1. The molecule has 1 saturated heterocycles. The number of nitrogen functional groups attached to an aromatic ring is 1. The molecule has 0 bridgehead atoms. The van der Waals surface area contributed by atoms with Gasteiger partial charge in [-0.3, -0.25) is 32.5 Å². The van der Waals surface area contributed by atoms with Gasteiger partial charge in [-0.2, -0.15) is 4.31 Å². The van der Waals surface area contributed by atoms with Gasteiger partial charge in [0.05, 0.1) is 19.5 Å². The zero-order valence-electron chi connectivity index (χ0n) is 49.3. The van der Waals surface area contributed by atoms with Crippen molar-refractivity contribution in [2.24, 2.45) is 5.41 Å². The number of aliphatic hydroxyl groups is 2. The maximum atomic E-state index is 12.8. The first-order valence-corrected chi connectivity index (χ1v) is 34.7. The molecule has 2 aromatic rings. The summed E-state index contributed by atoms with van der Waals surface area (Å²) in [6, 6.07) is 0. The standard InChI is InChI=1S/C57H92N7O17P3S/c1-4-5-6-7-8-9-10-11-12-13-14-15-16-17-18-19-20-21-22-23-24-25-26-27-28-29-30-31-32-33-34-35-36-37-48(66)85-41-40-59-47(65)38-39-60-55(69)52(68)57(2,3)43-78-84(75,76)81-83(73,74)77-42-46-51(80-82(70,71)72)50(67)56(79-46)64-45-63-49-53(58)61-44-62-54(49)64/h5-6,8-9,11-12,14-15,17-18,20-21,36-37,44-46,50-52,56,67-68H,4,7,10,13,16,19,22-35,38-43H2,1-3H3,(H,59,65)(H,60,69)(H,73,74)(H,75,76)(H2,58,61,62)(H2,70,71,72)/b6-5-,9-8-,12-11-,15-14-,18-17-,21-20-,37-36+/t46-,50-,51-,52+,56-/m1/s1. The Morgan fingerprint density at radius 2 is 1.25 bits per heavy atom. The van der Waals surface area contributed by atoms with Crippen LogP contribution in [0.5, 0.6) is 0 Å². The number of allylic oxidation sites excluding steroid dienone is 13. The van der Waals surface area contributed by atoms with Crippen LogP contribution in [0, 0.1) is 5.41 Å². The molecule has 1 fully saturated rings. The predicted molar refractivity (Wildman–Crippen MR) is 329 cm³/mol. The molecule has 2 aromatic heterocycles. The van der Waals surface area contributed by atoms with E-state index in [0.29, 0.717) is 5.75 Å². The van der Waals surface area contributed by atoms with Crippen LogP contribution in [0.3, 0.4) is 0 Å². The molecular weight excluding hydrogens is 1180 g/mol. The number of rotatable bonds is 46. The molecule has 24 nitrogen and oxygen atoms in total. The number of nitrogens with zero attached hydrogens (tertiary/aromatic N) is 4. The molecule has 0 spiro atoms. The van der Waals surface area contributed by atoms with Crippen LogP contribution in [0.15, 0.2) is 97.7 Å². The van der Waals surface area contributed by atoms with Crippen molar-refractivity contribution in [3.8, 4) is 0 Å². The van der Waals surface area contributed by atoms with Gasteiger partial charge in [0.1, 0.15) is 36.3 Å². The van der Waals surface area contributed by atoms with Crippen LogP contribution in [0.25, 0.3) is 11.2 Å². The van der Waals surface area contributed by atoms with Gasteiger partial charge in [0.25, 0.3) is 0 Å².